The smallest absolute Gasteiger partial charge is 0.296 e. The van der Waals surface area contributed by atoms with Crippen LogP contribution in [0.1, 0.15) is 33.6 Å². The fourth-order valence-corrected chi connectivity index (χ4v) is 6.87. The van der Waals surface area contributed by atoms with E-state index in [2.05, 4.69) is 20.6 Å². The van der Waals surface area contributed by atoms with Gasteiger partial charge in [-0.1, -0.05) is 12.1 Å². The third-order valence-electron chi connectivity index (χ3n) is 9.69. The van der Waals surface area contributed by atoms with E-state index in [0.29, 0.717) is 83.8 Å². The SMILES string of the molecule is COc1cccc(OC)c1C(=O)N1CC[C@@H](Nc2nc3ccc(F)c(F)c3o2)C1.COc1cccc(OC)c1C(=O)N1CC[C@@H](Nc2nc3ccc(F)cc3o2)C1. The second-order valence-corrected chi connectivity index (χ2v) is 13.2. The Labute approximate surface area is 324 Å². The Hall–Kier alpha value is -6.65. The van der Waals surface area contributed by atoms with E-state index in [0.717, 1.165) is 12.5 Å². The van der Waals surface area contributed by atoms with Gasteiger partial charge in [0.15, 0.2) is 17.0 Å². The molecule has 2 saturated heterocycles. The highest BCUT2D eigenvalue weighted by Crippen LogP contribution is 2.33. The molecule has 0 bridgehead atoms. The minimum atomic E-state index is -1.07. The van der Waals surface area contributed by atoms with E-state index in [1.165, 1.54) is 46.6 Å². The molecule has 0 aliphatic carbocycles. The van der Waals surface area contributed by atoms with E-state index in [9.17, 15) is 22.8 Å². The van der Waals surface area contributed by atoms with Gasteiger partial charge in [-0.05, 0) is 61.4 Å². The number of carbonyl (C=O) groups is 2. The molecule has 6 aromatic rings. The maximum atomic E-state index is 13.8. The average molecular weight is 789 g/mol. The van der Waals surface area contributed by atoms with Crippen molar-refractivity contribution in [3.63, 3.8) is 0 Å². The molecule has 0 radical (unpaired) electrons. The van der Waals surface area contributed by atoms with Crippen molar-refractivity contribution < 1.29 is 50.5 Å². The topological polar surface area (TPSA) is 154 Å². The van der Waals surface area contributed by atoms with Crippen LogP contribution in [-0.2, 0) is 0 Å². The van der Waals surface area contributed by atoms with Gasteiger partial charge in [-0.2, -0.15) is 14.4 Å². The highest BCUT2D eigenvalue weighted by atomic mass is 19.2. The molecular weight excluding hydrogens is 749 g/mol. The molecule has 8 rings (SSSR count). The lowest BCUT2D eigenvalue weighted by Gasteiger charge is -2.20. The van der Waals surface area contributed by atoms with Crippen LogP contribution in [-0.4, -0.2) is 98.3 Å². The molecule has 2 aliphatic rings. The lowest BCUT2D eigenvalue weighted by atomic mass is 10.1. The third-order valence-corrected chi connectivity index (χ3v) is 9.69. The Morgan fingerprint density at radius 2 is 1.14 bits per heavy atom. The minimum absolute atomic E-state index is 0.0254. The van der Waals surface area contributed by atoms with Crippen molar-refractivity contribution in [3.05, 3.63) is 95.3 Å². The number of rotatable bonds is 10. The second kappa shape index (κ2) is 16.6. The Bertz CT molecular complexity index is 2380. The summed E-state index contributed by atoms with van der Waals surface area (Å²) in [4.78, 5) is 37.9. The molecule has 0 saturated carbocycles. The number of carbonyl (C=O) groups excluding carboxylic acids is 2. The number of amides is 2. The van der Waals surface area contributed by atoms with Gasteiger partial charge in [-0.15, -0.1) is 0 Å². The fraction of sp³-hybridized carbons (Fsp3) is 0.300. The van der Waals surface area contributed by atoms with Crippen molar-refractivity contribution in [1.29, 1.82) is 0 Å². The van der Waals surface area contributed by atoms with Crippen molar-refractivity contribution in [1.82, 2.24) is 19.8 Å². The summed E-state index contributed by atoms with van der Waals surface area (Å²) in [5.41, 5.74) is 1.71. The van der Waals surface area contributed by atoms with Crippen molar-refractivity contribution in [2.24, 2.45) is 0 Å². The number of fused-ring (bicyclic) bond motifs is 2. The summed E-state index contributed by atoms with van der Waals surface area (Å²) in [5, 5.41) is 6.23. The van der Waals surface area contributed by atoms with Crippen LogP contribution >= 0.6 is 0 Å². The maximum Gasteiger partial charge on any atom is 0.296 e. The lowest BCUT2D eigenvalue weighted by molar-refractivity contribution is 0.0776. The second-order valence-electron chi connectivity index (χ2n) is 13.2. The molecule has 17 heteroatoms. The average Bonchev–Trinajstić information content (AvgIpc) is 4.05. The number of halogens is 3. The number of ether oxygens (including phenoxy) is 4. The molecule has 4 heterocycles. The Balaban J connectivity index is 0.000000174. The zero-order valence-corrected chi connectivity index (χ0v) is 31.4. The molecule has 2 atom stereocenters. The first kappa shape index (κ1) is 38.6. The van der Waals surface area contributed by atoms with E-state index in [1.54, 1.807) is 52.3 Å². The maximum absolute atomic E-state index is 13.8. The molecule has 2 N–H and O–H groups in total. The predicted molar refractivity (Wildman–Crippen MR) is 203 cm³/mol. The summed E-state index contributed by atoms with van der Waals surface area (Å²) < 4.78 is 72.6. The summed E-state index contributed by atoms with van der Waals surface area (Å²) in [6, 6.07) is 17.2. The Morgan fingerprint density at radius 1 is 0.667 bits per heavy atom. The molecule has 14 nitrogen and oxygen atoms in total. The first-order chi connectivity index (χ1) is 27.6. The predicted octanol–water partition coefficient (Wildman–Crippen LogP) is 6.76. The quantitative estimate of drug-likeness (QED) is 0.151. The summed E-state index contributed by atoms with van der Waals surface area (Å²) in [6.45, 7) is 1.94. The Morgan fingerprint density at radius 3 is 1.65 bits per heavy atom. The highest BCUT2D eigenvalue weighted by molar-refractivity contribution is 6.00. The number of hydrogen-bond donors (Lipinski definition) is 2. The fourth-order valence-electron chi connectivity index (χ4n) is 6.87. The molecule has 2 aromatic heterocycles. The van der Waals surface area contributed by atoms with Crippen LogP contribution < -0.4 is 29.6 Å². The zero-order chi connectivity index (χ0) is 40.2. The summed E-state index contributed by atoms with van der Waals surface area (Å²) in [5.74, 6) is -1.00. The number of anilines is 2. The molecule has 2 aliphatic heterocycles. The van der Waals surface area contributed by atoms with Crippen molar-refractivity contribution in [2.45, 2.75) is 24.9 Å². The number of likely N-dealkylation sites (tertiary alicyclic amines) is 2. The van der Waals surface area contributed by atoms with Gasteiger partial charge in [0.2, 0.25) is 5.82 Å². The number of benzene rings is 4. The van der Waals surface area contributed by atoms with Crippen LogP contribution in [0.2, 0.25) is 0 Å². The number of aromatic nitrogens is 2. The van der Waals surface area contributed by atoms with Gasteiger partial charge in [0.1, 0.15) is 51.0 Å². The van der Waals surface area contributed by atoms with Gasteiger partial charge < -0.3 is 48.2 Å². The molecule has 4 aromatic carbocycles. The Kier molecular flexibility index (Phi) is 11.3. The van der Waals surface area contributed by atoms with Crippen LogP contribution in [0.4, 0.5) is 25.2 Å². The number of nitrogens with one attached hydrogen (secondary N) is 2. The van der Waals surface area contributed by atoms with E-state index in [1.807, 2.05) is 0 Å². The molecule has 2 amide bonds. The molecular formula is C40H39F3N6O8. The number of hydrogen-bond acceptors (Lipinski definition) is 12. The number of oxazole rings is 2. The van der Waals surface area contributed by atoms with Crippen molar-refractivity contribution >= 4 is 46.0 Å². The standard InChI is InChI=1S/C20H19F2N3O4.C20H20FN3O4/c1-27-14-4-3-5-15(28-2)16(14)19(26)25-9-8-11(10-25)23-20-24-13-7-6-12(21)17(22)18(13)29-20;1-26-15-4-3-5-16(27-2)18(15)19(25)24-9-8-13(11-24)22-20-23-14-7-6-12(21)10-17(14)28-20/h3-7,11H,8-10H2,1-2H3,(H,23,24);3-7,10,13H,8-9,11H2,1-2H3,(H,22,23)/t11-;13-/m11/s1. The van der Waals surface area contributed by atoms with E-state index in [4.69, 9.17) is 27.8 Å². The third kappa shape index (κ3) is 8.03. The van der Waals surface area contributed by atoms with E-state index in [-0.39, 0.29) is 46.8 Å². The normalized spacial score (nSPS) is 16.3. The van der Waals surface area contributed by atoms with Gasteiger partial charge >= 0.3 is 0 Å². The first-order valence-electron chi connectivity index (χ1n) is 17.9. The lowest BCUT2D eigenvalue weighted by Crippen LogP contribution is -2.32. The van der Waals surface area contributed by atoms with Crippen molar-refractivity contribution in [2.75, 3.05) is 65.3 Å². The summed E-state index contributed by atoms with van der Waals surface area (Å²) in [6.07, 6.45) is 1.37. The zero-order valence-electron chi connectivity index (χ0n) is 31.4. The molecule has 2 fully saturated rings. The molecule has 0 unspecified atom stereocenters. The van der Waals surface area contributed by atoms with Gasteiger partial charge in [-0.25, -0.2) is 8.78 Å². The van der Waals surface area contributed by atoms with Crippen LogP contribution in [0.15, 0.2) is 75.6 Å². The molecule has 298 valence electrons. The van der Waals surface area contributed by atoms with E-state index < -0.39 is 11.6 Å². The van der Waals surface area contributed by atoms with Crippen LogP contribution in [0.25, 0.3) is 22.2 Å². The van der Waals surface area contributed by atoms with Gasteiger partial charge in [0.05, 0.1) is 28.4 Å². The van der Waals surface area contributed by atoms with Gasteiger partial charge in [-0.3, -0.25) is 9.59 Å². The van der Waals surface area contributed by atoms with E-state index >= 15 is 0 Å². The minimum Gasteiger partial charge on any atom is -0.496 e. The van der Waals surface area contributed by atoms with Gasteiger partial charge in [0.25, 0.3) is 23.8 Å². The van der Waals surface area contributed by atoms with Crippen LogP contribution in [0.3, 0.4) is 0 Å². The van der Waals surface area contributed by atoms with Gasteiger partial charge in [0, 0.05) is 44.3 Å². The summed E-state index contributed by atoms with van der Waals surface area (Å²) in [7, 11) is 6.04. The largest absolute Gasteiger partial charge is 0.496 e. The first-order valence-corrected chi connectivity index (χ1v) is 17.9. The van der Waals surface area contributed by atoms with Crippen molar-refractivity contribution in [3.8, 4) is 23.0 Å². The van der Waals surface area contributed by atoms with Crippen LogP contribution in [0.5, 0.6) is 23.0 Å². The highest BCUT2D eigenvalue weighted by Gasteiger charge is 2.33. The summed E-state index contributed by atoms with van der Waals surface area (Å²) >= 11 is 0. The number of nitrogens with zero attached hydrogens (tertiary/aromatic N) is 4. The molecule has 0 spiro atoms. The molecule has 57 heavy (non-hydrogen) atoms. The monoisotopic (exact) mass is 788 g/mol. The van der Waals surface area contributed by atoms with Crippen LogP contribution in [0, 0.1) is 17.5 Å². The number of methoxy groups -OCH3 is 4.